The second kappa shape index (κ2) is 10.7. The van der Waals surface area contributed by atoms with Crippen LogP contribution in [0, 0.1) is 6.92 Å². The molecule has 0 bridgehead atoms. The largest absolute Gasteiger partial charge is 0.381 e. The number of fused-ring (bicyclic) bond motifs is 3. The number of nitrogens with one attached hydrogen (secondary N) is 1. The molecule has 210 valence electrons. The Labute approximate surface area is 258 Å². The Morgan fingerprint density at radius 2 is 0.932 bits per heavy atom. The first-order valence-electron chi connectivity index (χ1n) is 15.4. The first-order chi connectivity index (χ1) is 21.7. The maximum Gasteiger partial charge on any atom is 0.0418 e. The van der Waals surface area contributed by atoms with Crippen molar-refractivity contribution in [3.05, 3.63) is 162 Å². The molecule has 0 aliphatic carbocycles. The van der Waals surface area contributed by atoms with Crippen molar-refractivity contribution in [3.63, 3.8) is 0 Å². The molecule has 0 saturated carbocycles. The van der Waals surface area contributed by atoms with Crippen LogP contribution in [0.15, 0.2) is 151 Å². The fourth-order valence-electron chi connectivity index (χ4n) is 6.90. The summed E-state index contributed by atoms with van der Waals surface area (Å²) < 4.78 is 0. The maximum absolute atomic E-state index is 3.53. The van der Waals surface area contributed by atoms with Gasteiger partial charge in [0.15, 0.2) is 0 Å². The van der Waals surface area contributed by atoms with E-state index in [1.807, 2.05) is 0 Å². The van der Waals surface area contributed by atoms with Gasteiger partial charge in [0.05, 0.1) is 0 Å². The first kappa shape index (κ1) is 26.2. The molecule has 0 unspecified atom stereocenters. The predicted octanol–water partition coefficient (Wildman–Crippen LogP) is 11.3. The molecule has 0 atom stereocenters. The highest BCUT2D eigenvalue weighted by Crippen LogP contribution is 2.46. The number of allylic oxidation sites excluding steroid dienone is 2. The molecule has 1 heterocycles. The number of benzene rings is 7. The summed E-state index contributed by atoms with van der Waals surface area (Å²) in [5.74, 6) is 0. The van der Waals surface area contributed by atoms with Crippen LogP contribution in [0.4, 0.5) is 0 Å². The summed E-state index contributed by atoms with van der Waals surface area (Å²) >= 11 is 0. The third-order valence-electron chi connectivity index (χ3n) is 9.06. The van der Waals surface area contributed by atoms with Gasteiger partial charge in [0.25, 0.3) is 0 Å². The summed E-state index contributed by atoms with van der Waals surface area (Å²) in [6, 6.07) is 49.3. The lowest BCUT2D eigenvalue weighted by atomic mass is 9.84. The minimum atomic E-state index is 0.872. The molecule has 0 spiro atoms. The van der Waals surface area contributed by atoms with Gasteiger partial charge in [-0.05, 0) is 91.2 Å². The van der Waals surface area contributed by atoms with Crippen molar-refractivity contribution in [3.8, 4) is 33.4 Å². The molecule has 1 aliphatic rings. The Bertz CT molecular complexity index is 2210. The molecule has 7 aromatic rings. The molecule has 1 heteroatoms. The zero-order valence-corrected chi connectivity index (χ0v) is 25.1. The maximum atomic E-state index is 3.53. The van der Waals surface area contributed by atoms with Gasteiger partial charge in [-0.2, -0.15) is 0 Å². The summed E-state index contributed by atoms with van der Waals surface area (Å²) in [7, 11) is 0. The summed E-state index contributed by atoms with van der Waals surface area (Å²) in [5.41, 5.74) is 12.6. The second-order valence-corrected chi connectivity index (χ2v) is 11.9. The number of aryl methyl sites for hydroxylation is 1. The molecule has 0 amide bonds. The average molecular weight is 564 g/mol. The summed E-state index contributed by atoms with van der Waals surface area (Å²) in [6.45, 7) is 5.17. The molecule has 7 aromatic carbocycles. The van der Waals surface area contributed by atoms with Crippen LogP contribution in [-0.2, 0) is 0 Å². The van der Waals surface area contributed by atoms with Crippen LogP contribution < -0.4 is 5.32 Å². The Kier molecular flexibility index (Phi) is 6.38. The molecule has 44 heavy (non-hydrogen) atoms. The van der Waals surface area contributed by atoms with Crippen molar-refractivity contribution < 1.29 is 0 Å². The van der Waals surface area contributed by atoms with Crippen LogP contribution in [0.25, 0.3) is 71.4 Å². The van der Waals surface area contributed by atoms with Gasteiger partial charge in [0, 0.05) is 12.2 Å². The average Bonchev–Trinajstić information content (AvgIpc) is 3.07. The molecule has 1 aliphatic heterocycles. The number of dihydropyridines is 1. The SMILES string of the molecule is CC1=CCNC(c2ccc(-c3c4ccccc4c(-c4cccc5c(-c6ccc(C)cc6)cccc45)c4ccccc34)cc2)=C1. The van der Waals surface area contributed by atoms with E-state index < -0.39 is 0 Å². The number of rotatable bonds is 4. The third-order valence-corrected chi connectivity index (χ3v) is 9.06. The van der Waals surface area contributed by atoms with E-state index in [1.54, 1.807) is 0 Å². The van der Waals surface area contributed by atoms with Gasteiger partial charge in [-0.3, -0.25) is 0 Å². The van der Waals surface area contributed by atoms with Crippen molar-refractivity contribution >= 4 is 38.0 Å². The smallest absolute Gasteiger partial charge is 0.0418 e. The Hall–Kier alpha value is -5.40. The van der Waals surface area contributed by atoms with Crippen molar-refractivity contribution in [1.82, 2.24) is 5.32 Å². The molecule has 8 rings (SSSR count). The van der Waals surface area contributed by atoms with Gasteiger partial charge in [0.1, 0.15) is 0 Å². The van der Waals surface area contributed by atoms with Gasteiger partial charge in [-0.15, -0.1) is 0 Å². The number of hydrogen-bond donors (Lipinski definition) is 1. The quantitative estimate of drug-likeness (QED) is 0.210. The minimum absolute atomic E-state index is 0.872. The fourth-order valence-corrected chi connectivity index (χ4v) is 6.90. The topological polar surface area (TPSA) is 12.0 Å². The van der Waals surface area contributed by atoms with E-state index in [0.717, 1.165) is 6.54 Å². The highest BCUT2D eigenvalue weighted by molar-refractivity contribution is 6.24. The van der Waals surface area contributed by atoms with E-state index in [2.05, 4.69) is 165 Å². The monoisotopic (exact) mass is 563 g/mol. The minimum Gasteiger partial charge on any atom is -0.381 e. The molecule has 0 fully saturated rings. The predicted molar refractivity (Wildman–Crippen MR) is 190 cm³/mol. The van der Waals surface area contributed by atoms with Crippen molar-refractivity contribution in [2.24, 2.45) is 0 Å². The Morgan fingerprint density at radius 1 is 0.432 bits per heavy atom. The molecular weight excluding hydrogens is 530 g/mol. The molecule has 1 nitrogen and oxygen atoms in total. The molecule has 0 aromatic heterocycles. The van der Waals surface area contributed by atoms with Crippen molar-refractivity contribution in [2.75, 3.05) is 6.54 Å². The van der Waals surface area contributed by atoms with Crippen molar-refractivity contribution in [2.45, 2.75) is 13.8 Å². The van der Waals surface area contributed by atoms with Crippen LogP contribution >= 0.6 is 0 Å². The summed E-state index contributed by atoms with van der Waals surface area (Å²) in [5, 5.41) is 11.2. The van der Waals surface area contributed by atoms with E-state index in [0.29, 0.717) is 0 Å². The lowest BCUT2D eigenvalue weighted by Gasteiger charge is -2.20. The second-order valence-electron chi connectivity index (χ2n) is 11.9. The highest BCUT2D eigenvalue weighted by atomic mass is 14.9. The highest BCUT2D eigenvalue weighted by Gasteiger charge is 2.18. The van der Waals surface area contributed by atoms with Crippen LogP contribution in [0.2, 0.25) is 0 Å². The van der Waals surface area contributed by atoms with Gasteiger partial charge in [0.2, 0.25) is 0 Å². The normalized spacial score (nSPS) is 13.1. The van der Waals surface area contributed by atoms with Gasteiger partial charge in [-0.25, -0.2) is 0 Å². The lowest BCUT2D eigenvalue weighted by Crippen LogP contribution is -2.15. The number of hydrogen-bond acceptors (Lipinski definition) is 1. The van der Waals surface area contributed by atoms with Gasteiger partial charge < -0.3 is 5.32 Å². The van der Waals surface area contributed by atoms with Crippen LogP contribution in [0.3, 0.4) is 0 Å². The molecular formula is C43H33N. The Balaban J connectivity index is 1.37. The standard InChI is InChI=1S/C43H33N/c1-28-17-19-30(20-18-28)33-13-7-15-35-34(33)14-8-16-36(35)43-39-11-5-3-9-37(39)42(38-10-4-6-12-40(38)43)32-23-21-31(22-24-32)41-27-29(2)25-26-44-41/h3-25,27,44H,26H2,1-2H3. The molecule has 0 saturated heterocycles. The van der Waals surface area contributed by atoms with Crippen LogP contribution in [0.1, 0.15) is 18.1 Å². The molecule has 1 N–H and O–H groups in total. The lowest BCUT2D eigenvalue weighted by molar-refractivity contribution is 0.981. The van der Waals surface area contributed by atoms with E-state index >= 15 is 0 Å². The first-order valence-corrected chi connectivity index (χ1v) is 15.4. The fraction of sp³-hybridized carbons (Fsp3) is 0.0698. The van der Waals surface area contributed by atoms with Gasteiger partial charge >= 0.3 is 0 Å². The van der Waals surface area contributed by atoms with Crippen LogP contribution in [0.5, 0.6) is 0 Å². The van der Waals surface area contributed by atoms with E-state index in [1.165, 1.54) is 88.1 Å². The van der Waals surface area contributed by atoms with E-state index in [4.69, 9.17) is 0 Å². The van der Waals surface area contributed by atoms with E-state index in [9.17, 15) is 0 Å². The summed E-state index contributed by atoms with van der Waals surface area (Å²) in [6.07, 6.45) is 4.45. The van der Waals surface area contributed by atoms with Gasteiger partial charge in [-0.1, -0.05) is 151 Å². The van der Waals surface area contributed by atoms with E-state index in [-0.39, 0.29) is 0 Å². The summed E-state index contributed by atoms with van der Waals surface area (Å²) in [4.78, 5) is 0. The molecule has 0 radical (unpaired) electrons. The zero-order chi connectivity index (χ0) is 29.6. The Morgan fingerprint density at radius 3 is 1.55 bits per heavy atom. The third kappa shape index (κ3) is 4.41. The van der Waals surface area contributed by atoms with Crippen LogP contribution in [-0.4, -0.2) is 6.54 Å². The van der Waals surface area contributed by atoms with Crippen molar-refractivity contribution in [1.29, 1.82) is 0 Å². The zero-order valence-electron chi connectivity index (χ0n) is 25.1.